The summed E-state index contributed by atoms with van der Waals surface area (Å²) in [7, 11) is 1.62. The Morgan fingerprint density at radius 2 is 1.74 bits per heavy atom. The Bertz CT molecular complexity index is 1120. The monoisotopic (exact) mass is 416 g/mol. The van der Waals surface area contributed by atoms with Crippen molar-refractivity contribution in [3.8, 4) is 22.9 Å². The predicted molar refractivity (Wildman–Crippen MR) is 114 cm³/mol. The van der Waals surface area contributed by atoms with E-state index in [2.05, 4.69) is 6.07 Å². The highest BCUT2D eigenvalue weighted by Gasteiger charge is 2.51. The van der Waals surface area contributed by atoms with Crippen molar-refractivity contribution in [3.63, 3.8) is 0 Å². The molecule has 156 valence electrons. The van der Waals surface area contributed by atoms with Crippen LogP contribution in [0, 0.1) is 17.1 Å². The number of rotatable bonds is 5. The van der Waals surface area contributed by atoms with E-state index in [-0.39, 0.29) is 18.1 Å². The molecule has 3 aromatic carbocycles. The number of aliphatic hydroxyl groups excluding tert-OH is 1. The van der Waals surface area contributed by atoms with Crippen molar-refractivity contribution in [3.05, 3.63) is 89.7 Å². The molecule has 0 bridgehead atoms. The fourth-order valence-corrected chi connectivity index (χ4v) is 4.14. The van der Waals surface area contributed by atoms with Crippen LogP contribution in [-0.2, 0) is 0 Å². The largest absolute Gasteiger partial charge is 0.497 e. The quantitative estimate of drug-likeness (QED) is 0.683. The third-order valence-corrected chi connectivity index (χ3v) is 5.76. The zero-order valence-corrected chi connectivity index (χ0v) is 16.9. The molecule has 0 radical (unpaired) electrons. The van der Waals surface area contributed by atoms with Crippen LogP contribution in [-0.4, -0.2) is 41.7 Å². The maximum absolute atomic E-state index is 13.5. The Kier molecular flexibility index (Phi) is 5.70. The molecule has 1 amide bonds. The summed E-state index contributed by atoms with van der Waals surface area (Å²) in [5, 5.41) is 19.7. The topological polar surface area (TPSA) is 73.6 Å². The number of hydrogen-bond donors (Lipinski definition) is 1. The summed E-state index contributed by atoms with van der Waals surface area (Å²) < 4.78 is 18.7. The number of methoxy groups -OCH3 is 1. The standard InChI is InChI=1S/C25H21FN2O3/c1-31-21-11-9-17(10-12-21)16-5-7-18(8-6-16)24-22(14-27)28(23(24)15-29)25(30)19-3-2-4-20(26)13-19/h2-13,22-24,29H,15H2,1H3/t22-,23+,24+/m1/s1. The first-order chi connectivity index (χ1) is 15.1. The maximum Gasteiger partial charge on any atom is 0.255 e. The number of hydrogen-bond acceptors (Lipinski definition) is 4. The molecule has 0 aromatic heterocycles. The first-order valence-corrected chi connectivity index (χ1v) is 9.90. The van der Waals surface area contributed by atoms with Crippen LogP contribution in [0.25, 0.3) is 11.1 Å². The molecule has 3 aromatic rings. The maximum atomic E-state index is 13.5. The van der Waals surface area contributed by atoms with Crippen LogP contribution in [0.5, 0.6) is 5.75 Å². The van der Waals surface area contributed by atoms with Gasteiger partial charge in [-0.15, -0.1) is 0 Å². The normalized spacial score (nSPS) is 19.9. The molecule has 31 heavy (non-hydrogen) atoms. The van der Waals surface area contributed by atoms with Gasteiger partial charge in [0.15, 0.2) is 0 Å². The van der Waals surface area contributed by atoms with Crippen LogP contribution in [0.1, 0.15) is 21.8 Å². The van der Waals surface area contributed by atoms with E-state index in [1.54, 1.807) is 7.11 Å². The Labute approximate surface area is 179 Å². The molecule has 0 aliphatic carbocycles. The number of carbonyl (C=O) groups excluding carboxylic acids is 1. The Morgan fingerprint density at radius 3 is 2.29 bits per heavy atom. The number of aliphatic hydroxyl groups is 1. The van der Waals surface area contributed by atoms with E-state index in [9.17, 15) is 19.6 Å². The van der Waals surface area contributed by atoms with Gasteiger partial charge in [-0.1, -0.05) is 42.5 Å². The van der Waals surface area contributed by atoms with Crippen LogP contribution >= 0.6 is 0 Å². The van der Waals surface area contributed by atoms with Crippen molar-refractivity contribution in [2.75, 3.05) is 13.7 Å². The lowest BCUT2D eigenvalue weighted by Gasteiger charge is -2.51. The minimum atomic E-state index is -0.736. The van der Waals surface area contributed by atoms with Crippen LogP contribution < -0.4 is 4.74 Å². The van der Waals surface area contributed by atoms with Gasteiger partial charge < -0.3 is 14.7 Å². The Hall–Kier alpha value is -3.69. The minimum absolute atomic E-state index is 0.159. The number of ether oxygens (including phenoxy) is 1. The molecular formula is C25H21FN2O3. The lowest BCUT2D eigenvalue weighted by molar-refractivity contribution is -0.00587. The average Bonchev–Trinajstić information content (AvgIpc) is 2.79. The van der Waals surface area contributed by atoms with E-state index in [4.69, 9.17) is 4.74 Å². The summed E-state index contributed by atoms with van der Waals surface area (Å²) in [6, 6.07) is 21.7. The van der Waals surface area contributed by atoms with E-state index in [0.29, 0.717) is 0 Å². The van der Waals surface area contributed by atoms with E-state index >= 15 is 0 Å². The summed E-state index contributed by atoms with van der Waals surface area (Å²) >= 11 is 0. The Balaban J connectivity index is 1.57. The summed E-state index contributed by atoms with van der Waals surface area (Å²) in [4.78, 5) is 14.2. The summed E-state index contributed by atoms with van der Waals surface area (Å²) in [6.07, 6.45) is 0. The van der Waals surface area contributed by atoms with Crippen molar-refractivity contribution in [1.29, 1.82) is 5.26 Å². The second-order valence-electron chi connectivity index (χ2n) is 7.42. The van der Waals surface area contributed by atoms with Gasteiger partial charge in [-0.2, -0.15) is 5.26 Å². The lowest BCUT2D eigenvalue weighted by Crippen LogP contribution is -2.65. The summed E-state index contributed by atoms with van der Waals surface area (Å²) in [5.74, 6) is -0.528. The number of amides is 1. The highest BCUT2D eigenvalue weighted by molar-refractivity contribution is 5.95. The van der Waals surface area contributed by atoms with E-state index < -0.39 is 23.8 Å². The van der Waals surface area contributed by atoms with Crippen LogP contribution in [0.15, 0.2) is 72.8 Å². The zero-order chi connectivity index (χ0) is 22.0. The fourth-order valence-electron chi connectivity index (χ4n) is 4.14. The second-order valence-corrected chi connectivity index (χ2v) is 7.42. The highest BCUT2D eigenvalue weighted by atomic mass is 19.1. The smallest absolute Gasteiger partial charge is 0.255 e. The minimum Gasteiger partial charge on any atom is -0.497 e. The number of nitriles is 1. The molecule has 1 saturated heterocycles. The molecule has 1 aliphatic rings. The van der Waals surface area contributed by atoms with Crippen molar-refractivity contribution in [1.82, 2.24) is 4.90 Å². The van der Waals surface area contributed by atoms with Crippen molar-refractivity contribution >= 4 is 5.91 Å². The molecule has 0 unspecified atom stereocenters. The SMILES string of the molecule is COc1ccc(-c2ccc([C@H]3[C@@H](C#N)N(C(=O)c4cccc(F)c4)[C@H]3CO)cc2)cc1. The van der Waals surface area contributed by atoms with Crippen molar-refractivity contribution in [2.24, 2.45) is 0 Å². The second kappa shape index (κ2) is 8.58. The van der Waals surface area contributed by atoms with Gasteiger partial charge in [-0.25, -0.2) is 4.39 Å². The van der Waals surface area contributed by atoms with Crippen LogP contribution in [0.3, 0.4) is 0 Å². The van der Waals surface area contributed by atoms with Gasteiger partial charge in [0.2, 0.25) is 0 Å². The van der Waals surface area contributed by atoms with Crippen LogP contribution in [0.4, 0.5) is 4.39 Å². The molecule has 1 aliphatic heterocycles. The van der Waals surface area contributed by atoms with E-state index in [1.165, 1.54) is 23.1 Å². The Morgan fingerprint density at radius 1 is 1.10 bits per heavy atom. The third-order valence-electron chi connectivity index (χ3n) is 5.76. The fraction of sp³-hybridized carbons (Fsp3) is 0.200. The van der Waals surface area contributed by atoms with Gasteiger partial charge in [0.1, 0.15) is 17.6 Å². The molecule has 3 atom stereocenters. The average molecular weight is 416 g/mol. The van der Waals surface area contributed by atoms with Gasteiger partial charge in [0.05, 0.1) is 25.8 Å². The number of halogens is 1. The highest BCUT2D eigenvalue weighted by Crippen LogP contribution is 2.41. The van der Waals surface area contributed by atoms with Gasteiger partial charge >= 0.3 is 0 Å². The molecule has 0 spiro atoms. The number of carbonyl (C=O) groups is 1. The number of nitrogens with zero attached hydrogens (tertiary/aromatic N) is 2. The van der Waals surface area contributed by atoms with Gasteiger partial charge in [-0.05, 0) is 47.0 Å². The van der Waals surface area contributed by atoms with Crippen molar-refractivity contribution in [2.45, 2.75) is 18.0 Å². The first-order valence-electron chi connectivity index (χ1n) is 9.90. The third kappa shape index (κ3) is 3.76. The summed E-state index contributed by atoms with van der Waals surface area (Å²) in [5.41, 5.74) is 3.06. The van der Waals surface area contributed by atoms with Crippen molar-refractivity contribution < 1.29 is 19.0 Å². The van der Waals surface area contributed by atoms with E-state index in [1.807, 2.05) is 48.5 Å². The van der Waals surface area contributed by atoms with Gasteiger partial charge in [-0.3, -0.25) is 4.79 Å². The van der Waals surface area contributed by atoms with Gasteiger partial charge in [0.25, 0.3) is 5.91 Å². The molecular weight excluding hydrogens is 395 g/mol. The van der Waals surface area contributed by atoms with E-state index in [0.717, 1.165) is 28.5 Å². The number of benzene rings is 3. The molecule has 4 rings (SSSR count). The first kappa shape index (κ1) is 20.6. The zero-order valence-electron chi connectivity index (χ0n) is 16.9. The van der Waals surface area contributed by atoms with Gasteiger partial charge in [0, 0.05) is 11.5 Å². The molecule has 1 heterocycles. The molecule has 6 heteroatoms. The molecule has 0 saturated carbocycles. The lowest BCUT2D eigenvalue weighted by atomic mass is 9.75. The molecule has 5 nitrogen and oxygen atoms in total. The van der Waals surface area contributed by atoms with Crippen LogP contribution in [0.2, 0.25) is 0 Å². The molecule has 1 N–H and O–H groups in total. The summed E-state index contributed by atoms with van der Waals surface area (Å²) in [6.45, 7) is -0.288. The predicted octanol–water partition coefficient (Wildman–Crippen LogP) is 3.99. The molecule has 1 fully saturated rings. The number of likely N-dealkylation sites (tertiary alicyclic amines) is 1.